The van der Waals surface area contributed by atoms with E-state index in [0.29, 0.717) is 22.3 Å². The standard InChI is InChI=1S/C20H22ClNO3S/c1-24-18-10-5-14(12-19(18)25-2)17-4-3-11-22(17)20(23)13-26-16-8-6-15(21)7-9-16/h5-10,12,17H,3-4,11,13H2,1-2H3. The summed E-state index contributed by atoms with van der Waals surface area (Å²) in [7, 11) is 3.25. The number of methoxy groups -OCH3 is 2. The molecule has 1 aliphatic rings. The van der Waals surface area contributed by atoms with Gasteiger partial charge in [0.05, 0.1) is 26.0 Å². The van der Waals surface area contributed by atoms with Crippen molar-refractivity contribution in [3.8, 4) is 11.5 Å². The molecule has 1 saturated heterocycles. The Labute approximate surface area is 163 Å². The lowest BCUT2D eigenvalue weighted by Gasteiger charge is -2.25. The Morgan fingerprint density at radius 2 is 1.88 bits per heavy atom. The van der Waals surface area contributed by atoms with Crippen LogP contribution in [0.4, 0.5) is 0 Å². The van der Waals surface area contributed by atoms with Gasteiger partial charge in [0.1, 0.15) is 0 Å². The van der Waals surface area contributed by atoms with Crippen LogP contribution in [0.5, 0.6) is 11.5 Å². The molecule has 1 aliphatic heterocycles. The third-order valence-corrected chi connectivity index (χ3v) is 5.79. The van der Waals surface area contributed by atoms with E-state index in [-0.39, 0.29) is 11.9 Å². The number of amides is 1. The maximum Gasteiger partial charge on any atom is 0.233 e. The van der Waals surface area contributed by atoms with Gasteiger partial charge in [0, 0.05) is 16.5 Å². The van der Waals surface area contributed by atoms with Crippen molar-refractivity contribution in [3.63, 3.8) is 0 Å². The van der Waals surface area contributed by atoms with Crippen LogP contribution in [0.15, 0.2) is 47.4 Å². The molecule has 0 bridgehead atoms. The first-order valence-electron chi connectivity index (χ1n) is 8.52. The van der Waals surface area contributed by atoms with E-state index in [0.717, 1.165) is 29.8 Å². The number of carbonyl (C=O) groups excluding carboxylic acids is 1. The van der Waals surface area contributed by atoms with Crippen LogP contribution in [0.25, 0.3) is 0 Å². The molecule has 4 nitrogen and oxygen atoms in total. The Balaban J connectivity index is 1.69. The summed E-state index contributed by atoms with van der Waals surface area (Å²) in [5.41, 5.74) is 1.09. The van der Waals surface area contributed by atoms with E-state index in [2.05, 4.69) is 0 Å². The topological polar surface area (TPSA) is 38.8 Å². The Morgan fingerprint density at radius 1 is 1.15 bits per heavy atom. The van der Waals surface area contributed by atoms with Crippen LogP contribution in [-0.2, 0) is 4.79 Å². The summed E-state index contributed by atoms with van der Waals surface area (Å²) in [6.45, 7) is 0.791. The molecule has 1 fully saturated rings. The van der Waals surface area contributed by atoms with Crippen LogP contribution in [0.2, 0.25) is 5.02 Å². The van der Waals surface area contributed by atoms with E-state index < -0.39 is 0 Å². The smallest absolute Gasteiger partial charge is 0.233 e. The summed E-state index contributed by atoms with van der Waals surface area (Å²) >= 11 is 7.45. The quantitative estimate of drug-likeness (QED) is 0.662. The average Bonchev–Trinajstić information content (AvgIpc) is 3.16. The van der Waals surface area contributed by atoms with Gasteiger partial charge in [-0.1, -0.05) is 17.7 Å². The van der Waals surface area contributed by atoms with E-state index in [1.807, 2.05) is 47.4 Å². The predicted octanol–water partition coefficient (Wildman–Crippen LogP) is 4.81. The lowest BCUT2D eigenvalue weighted by molar-refractivity contribution is -0.129. The van der Waals surface area contributed by atoms with Gasteiger partial charge in [-0.2, -0.15) is 0 Å². The number of hydrogen-bond donors (Lipinski definition) is 0. The monoisotopic (exact) mass is 391 g/mol. The highest BCUT2D eigenvalue weighted by Crippen LogP contribution is 2.37. The molecular formula is C20H22ClNO3S. The van der Waals surface area contributed by atoms with Crippen molar-refractivity contribution >= 4 is 29.3 Å². The van der Waals surface area contributed by atoms with E-state index in [1.165, 1.54) is 0 Å². The molecule has 1 atom stereocenters. The summed E-state index contributed by atoms with van der Waals surface area (Å²) in [6.07, 6.45) is 1.98. The van der Waals surface area contributed by atoms with Crippen molar-refractivity contribution in [1.29, 1.82) is 0 Å². The number of hydrogen-bond acceptors (Lipinski definition) is 4. The van der Waals surface area contributed by atoms with Crippen molar-refractivity contribution in [2.24, 2.45) is 0 Å². The molecule has 0 N–H and O–H groups in total. The van der Waals surface area contributed by atoms with Gasteiger partial charge in [0.2, 0.25) is 5.91 Å². The zero-order chi connectivity index (χ0) is 18.5. The highest BCUT2D eigenvalue weighted by atomic mass is 35.5. The molecule has 138 valence electrons. The van der Waals surface area contributed by atoms with Crippen molar-refractivity contribution in [3.05, 3.63) is 53.1 Å². The third kappa shape index (κ3) is 4.27. The largest absolute Gasteiger partial charge is 0.493 e. The molecule has 2 aromatic carbocycles. The second-order valence-electron chi connectivity index (χ2n) is 6.10. The lowest BCUT2D eigenvalue weighted by atomic mass is 10.0. The molecule has 0 spiro atoms. The summed E-state index contributed by atoms with van der Waals surface area (Å²) < 4.78 is 10.7. The Hall–Kier alpha value is -1.85. The molecule has 1 unspecified atom stereocenters. The van der Waals surface area contributed by atoms with E-state index >= 15 is 0 Å². The summed E-state index contributed by atoms with van der Waals surface area (Å²) in [6, 6.07) is 13.6. The first-order chi connectivity index (χ1) is 12.6. The van der Waals surface area contributed by atoms with Gasteiger partial charge in [-0.3, -0.25) is 4.79 Å². The number of ether oxygens (including phenoxy) is 2. The normalized spacial score (nSPS) is 16.6. The summed E-state index contributed by atoms with van der Waals surface area (Å²) in [4.78, 5) is 15.8. The maximum atomic E-state index is 12.8. The Kier molecular flexibility index (Phi) is 6.33. The van der Waals surface area contributed by atoms with Gasteiger partial charge in [-0.25, -0.2) is 0 Å². The fraction of sp³-hybridized carbons (Fsp3) is 0.350. The molecule has 26 heavy (non-hydrogen) atoms. The average molecular weight is 392 g/mol. The highest BCUT2D eigenvalue weighted by molar-refractivity contribution is 8.00. The number of rotatable bonds is 6. The molecule has 0 aliphatic carbocycles. The second kappa shape index (κ2) is 8.69. The van der Waals surface area contributed by atoms with E-state index in [4.69, 9.17) is 21.1 Å². The first kappa shape index (κ1) is 18.9. The SMILES string of the molecule is COc1ccc(C2CCCN2C(=O)CSc2ccc(Cl)cc2)cc1OC. The summed E-state index contributed by atoms with van der Waals surface area (Å²) in [5.74, 6) is 1.97. The van der Waals surface area contributed by atoms with E-state index in [1.54, 1.807) is 26.0 Å². The molecule has 1 amide bonds. The molecule has 0 aromatic heterocycles. The molecule has 6 heteroatoms. The molecule has 2 aromatic rings. The van der Waals surface area contributed by atoms with Crippen molar-refractivity contribution in [2.75, 3.05) is 26.5 Å². The molecule has 0 radical (unpaired) electrons. The van der Waals surface area contributed by atoms with Gasteiger partial charge in [0.25, 0.3) is 0 Å². The number of benzene rings is 2. The van der Waals surface area contributed by atoms with Crippen LogP contribution in [-0.4, -0.2) is 37.3 Å². The number of thioether (sulfide) groups is 1. The minimum absolute atomic E-state index is 0.0909. The zero-order valence-electron chi connectivity index (χ0n) is 14.9. The Bertz CT molecular complexity index is 766. The van der Waals surface area contributed by atoms with Crippen LogP contribution in [0, 0.1) is 0 Å². The fourth-order valence-electron chi connectivity index (χ4n) is 3.23. The van der Waals surface area contributed by atoms with Crippen molar-refractivity contribution < 1.29 is 14.3 Å². The zero-order valence-corrected chi connectivity index (χ0v) is 16.5. The molecule has 0 saturated carbocycles. The number of nitrogens with zero attached hydrogens (tertiary/aromatic N) is 1. The van der Waals surface area contributed by atoms with Crippen LogP contribution in [0.1, 0.15) is 24.4 Å². The number of carbonyl (C=O) groups is 1. The first-order valence-corrected chi connectivity index (χ1v) is 9.88. The van der Waals surface area contributed by atoms with E-state index in [9.17, 15) is 4.79 Å². The number of halogens is 1. The van der Waals surface area contributed by atoms with Crippen LogP contribution >= 0.6 is 23.4 Å². The molecular weight excluding hydrogens is 370 g/mol. The van der Waals surface area contributed by atoms with Crippen molar-refractivity contribution in [1.82, 2.24) is 4.90 Å². The minimum atomic E-state index is 0.0909. The van der Waals surface area contributed by atoms with Crippen molar-refractivity contribution in [2.45, 2.75) is 23.8 Å². The van der Waals surface area contributed by atoms with Gasteiger partial charge in [0.15, 0.2) is 11.5 Å². The second-order valence-corrected chi connectivity index (χ2v) is 7.59. The third-order valence-electron chi connectivity index (χ3n) is 4.54. The fourth-order valence-corrected chi connectivity index (χ4v) is 4.14. The molecule has 3 rings (SSSR count). The van der Waals surface area contributed by atoms with Gasteiger partial charge < -0.3 is 14.4 Å². The van der Waals surface area contributed by atoms with Gasteiger partial charge in [-0.05, 0) is 54.8 Å². The van der Waals surface area contributed by atoms with Gasteiger partial charge in [-0.15, -0.1) is 11.8 Å². The Morgan fingerprint density at radius 3 is 2.58 bits per heavy atom. The number of likely N-dealkylation sites (tertiary alicyclic amines) is 1. The lowest BCUT2D eigenvalue weighted by Crippen LogP contribution is -2.31. The predicted molar refractivity (Wildman–Crippen MR) is 105 cm³/mol. The van der Waals surface area contributed by atoms with Crippen LogP contribution < -0.4 is 9.47 Å². The molecule has 1 heterocycles. The summed E-state index contributed by atoms with van der Waals surface area (Å²) in [5, 5.41) is 0.703. The highest BCUT2D eigenvalue weighted by Gasteiger charge is 2.30. The van der Waals surface area contributed by atoms with Gasteiger partial charge >= 0.3 is 0 Å². The minimum Gasteiger partial charge on any atom is -0.493 e. The van der Waals surface area contributed by atoms with Crippen LogP contribution in [0.3, 0.4) is 0 Å². The maximum absolute atomic E-state index is 12.8.